The van der Waals surface area contributed by atoms with E-state index in [0.29, 0.717) is 41.2 Å². The minimum atomic E-state index is -0.686. The number of anilines is 1. The number of allylic oxidation sites excluding steroid dienone is 1. The maximum atomic E-state index is 13.3. The summed E-state index contributed by atoms with van der Waals surface area (Å²) in [5.74, 6) is -0.468. The molecule has 2 aromatic carbocycles. The van der Waals surface area contributed by atoms with Gasteiger partial charge in [-0.15, -0.1) is 0 Å². The Morgan fingerprint density at radius 2 is 1.73 bits per heavy atom. The van der Waals surface area contributed by atoms with Crippen LogP contribution in [0, 0.1) is 5.92 Å². The molecule has 3 amide bonds. The van der Waals surface area contributed by atoms with E-state index in [2.05, 4.69) is 24.5 Å². The van der Waals surface area contributed by atoms with E-state index in [1.54, 1.807) is 24.0 Å². The summed E-state index contributed by atoms with van der Waals surface area (Å²) in [5.41, 5.74) is 4.10. The van der Waals surface area contributed by atoms with Crippen LogP contribution >= 0.6 is 0 Å². The van der Waals surface area contributed by atoms with Crippen LogP contribution in [-0.4, -0.2) is 36.0 Å². The van der Waals surface area contributed by atoms with E-state index in [1.807, 2.05) is 50.2 Å². The second-order valence-corrected chi connectivity index (χ2v) is 11.0. The zero-order valence-corrected chi connectivity index (χ0v) is 24.7. The lowest BCUT2D eigenvalue weighted by molar-refractivity contribution is -0.140. The van der Waals surface area contributed by atoms with E-state index >= 15 is 0 Å². The summed E-state index contributed by atoms with van der Waals surface area (Å²) in [5, 5.41) is 5.97. The number of hydrogen-bond donors (Lipinski definition) is 2. The second kappa shape index (κ2) is 15.2. The molecule has 1 atom stereocenters. The Labute approximate surface area is 239 Å². The lowest BCUT2D eigenvalue weighted by Gasteiger charge is -2.35. The average molecular weight is 548 g/mol. The number of carbonyl (C=O) groups is 3. The summed E-state index contributed by atoms with van der Waals surface area (Å²) >= 11 is 0. The number of benzene rings is 2. The molecule has 7 heteroatoms. The van der Waals surface area contributed by atoms with Crippen LogP contribution < -0.4 is 10.6 Å². The first kappa shape index (κ1) is 30.9. The fraction of sp³-hybridized carbons (Fsp3) is 0.485. The van der Waals surface area contributed by atoms with E-state index < -0.39 is 12.0 Å². The van der Waals surface area contributed by atoms with Crippen LogP contribution in [0.5, 0.6) is 0 Å². The van der Waals surface area contributed by atoms with Crippen LogP contribution in [0.3, 0.4) is 0 Å². The lowest BCUT2D eigenvalue weighted by atomic mass is 9.94. The van der Waals surface area contributed by atoms with Gasteiger partial charge in [0.05, 0.1) is 18.2 Å². The Hall–Kier alpha value is -3.61. The number of rotatable bonds is 14. The minimum absolute atomic E-state index is 0.186. The van der Waals surface area contributed by atoms with Gasteiger partial charge in [-0.1, -0.05) is 77.6 Å². The predicted octanol–water partition coefficient (Wildman–Crippen LogP) is 7.40. The molecule has 2 aromatic rings. The van der Waals surface area contributed by atoms with Crippen molar-refractivity contribution in [1.29, 1.82) is 0 Å². The van der Waals surface area contributed by atoms with Gasteiger partial charge in [-0.2, -0.15) is 0 Å². The van der Waals surface area contributed by atoms with Crippen molar-refractivity contribution in [1.82, 2.24) is 10.2 Å². The van der Waals surface area contributed by atoms with Crippen LogP contribution in [0.25, 0.3) is 0 Å². The van der Waals surface area contributed by atoms with Gasteiger partial charge in [0.15, 0.2) is 0 Å². The Morgan fingerprint density at radius 3 is 2.40 bits per heavy atom. The van der Waals surface area contributed by atoms with Crippen LogP contribution in [0.1, 0.15) is 101 Å². The monoisotopic (exact) mass is 547 g/mol. The number of unbranched alkanes of at least 4 members (excludes halogenated alkanes) is 4. The molecule has 1 aliphatic heterocycles. The molecule has 40 heavy (non-hydrogen) atoms. The first-order chi connectivity index (χ1) is 19.2. The third kappa shape index (κ3) is 8.44. The molecule has 0 spiro atoms. The number of nitrogens with zero attached hydrogens (tertiary/aromatic N) is 1. The fourth-order valence-corrected chi connectivity index (χ4v) is 4.78. The first-order valence-corrected chi connectivity index (χ1v) is 14.7. The van der Waals surface area contributed by atoms with Gasteiger partial charge in [-0.3, -0.25) is 9.69 Å². The molecule has 1 heterocycles. The van der Waals surface area contributed by atoms with Crippen molar-refractivity contribution in [2.75, 3.05) is 18.5 Å². The first-order valence-electron chi connectivity index (χ1n) is 14.7. The molecule has 0 radical (unpaired) electrons. The molecule has 0 bridgehead atoms. The molecular formula is C33H45N3O4. The molecule has 2 N–H and O–H groups in total. The second-order valence-electron chi connectivity index (χ2n) is 11.0. The van der Waals surface area contributed by atoms with Crippen LogP contribution in [0.15, 0.2) is 59.8 Å². The highest BCUT2D eigenvalue weighted by molar-refractivity contribution is 6.04. The fourth-order valence-electron chi connectivity index (χ4n) is 4.78. The molecule has 0 unspecified atom stereocenters. The van der Waals surface area contributed by atoms with Crippen molar-refractivity contribution < 1.29 is 19.1 Å². The Balaban J connectivity index is 1.80. The van der Waals surface area contributed by atoms with Crippen molar-refractivity contribution in [3.05, 3.63) is 76.5 Å². The normalized spacial score (nSPS) is 15.3. The smallest absolute Gasteiger partial charge is 0.338 e. The van der Waals surface area contributed by atoms with E-state index in [4.69, 9.17) is 4.74 Å². The molecule has 1 aliphatic rings. The summed E-state index contributed by atoms with van der Waals surface area (Å²) in [7, 11) is 0. The van der Waals surface area contributed by atoms with Crippen molar-refractivity contribution in [3.8, 4) is 0 Å². The van der Waals surface area contributed by atoms with Gasteiger partial charge < -0.3 is 15.4 Å². The van der Waals surface area contributed by atoms with E-state index in [-0.39, 0.29) is 17.9 Å². The van der Waals surface area contributed by atoms with Gasteiger partial charge in [0.1, 0.15) is 0 Å². The molecule has 0 aliphatic carbocycles. The van der Waals surface area contributed by atoms with Crippen LogP contribution in [0.4, 0.5) is 10.5 Å². The van der Waals surface area contributed by atoms with E-state index in [9.17, 15) is 14.4 Å². The third-order valence-electron chi connectivity index (χ3n) is 7.11. The number of amides is 3. The van der Waals surface area contributed by atoms with Gasteiger partial charge in [0.2, 0.25) is 0 Å². The number of nitrogens with one attached hydrogen (secondary N) is 2. The number of esters is 1. The van der Waals surface area contributed by atoms with Crippen molar-refractivity contribution in [2.45, 2.75) is 85.6 Å². The van der Waals surface area contributed by atoms with Gasteiger partial charge >= 0.3 is 12.0 Å². The van der Waals surface area contributed by atoms with Crippen molar-refractivity contribution in [3.63, 3.8) is 0 Å². The quantitative estimate of drug-likeness (QED) is 0.191. The zero-order chi connectivity index (χ0) is 29.1. The predicted molar refractivity (Wildman–Crippen MR) is 160 cm³/mol. The summed E-state index contributed by atoms with van der Waals surface area (Å²) in [6.07, 6.45) is 7.60. The topological polar surface area (TPSA) is 87.7 Å². The number of carbonyl (C=O) groups excluding carboxylic acids is 3. The highest BCUT2D eigenvalue weighted by atomic mass is 16.5. The number of urea groups is 1. The summed E-state index contributed by atoms with van der Waals surface area (Å²) in [4.78, 5) is 41.0. The number of hydrogen-bond acceptors (Lipinski definition) is 4. The Morgan fingerprint density at radius 1 is 1.00 bits per heavy atom. The molecular weight excluding hydrogens is 502 g/mol. The maximum absolute atomic E-state index is 13.3. The van der Waals surface area contributed by atoms with E-state index in [0.717, 1.165) is 25.7 Å². The molecule has 0 fully saturated rings. The standard InChI is InChI=1S/C33H45N3O4/c1-6-8-10-11-13-25-16-18-26(19-17-25)31(37)34-28-15-12-14-27(21-28)30-29(32(38)40-22-23(3)4)24(5)36(20-9-7-2)33(39)35-30/h12,14-19,21,23,30H,6-11,13,20,22H2,1-5H3,(H,34,37)(H,35,39)/t30-/m0/s1. The molecule has 0 aromatic heterocycles. The SMILES string of the molecule is CCCCCCc1ccc(C(=O)Nc2cccc([C@@H]3NC(=O)N(CCCC)C(C)=C3C(=O)OCC(C)C)c2)cc1. The lowest BCUT2D eigenvalue weighted by Crippen LogP contribution is -2.48. The zero-order valence-electron chi connectivity index (χ0n) is 24.7. The molecule has 3 rings (SSSR count). The molecule has 7 nitrogen and oxygen atoms in total. The Bertz CT molecular complexity index is 1190. The Kier molecular flexibility index (Phi) is 11.8. The van der Waals surface area contributed by atoms with Gasteiger partial charge in [0.25, 0.3) is 5.91 Å². The molecule has 0 saturated heterocycles. The maximum Gasteiger partial charge on any atom is 0.338 e. The van der Waals surface area contributed by atoms with Crippen molar-refractivity contribution in [2.24, 2.45) is 5.92 Å². The highest BCUT2D eigenvalue weighted by Gasteiger charge is 2.36. The third-order valence-corrected chi connectivity index (χ3v) is 7.11. The number of ether oxygens (including phenoxy) is 1. The van der Waals surface area contributed by atoms with Crippen LogP contribution in [0.2, 0.25) is 0 Å². The summed E-state index contributed by atoms with van der Waals surface area (Å²) in [6.45, 7) is 10.8. The highest BCUT2D eigenvalue weighted by Crippen LogP contribution is 2.33. The molecule has 0 saturated carbocycles. The number of aryl methyl sites for hydroxylation is 1. The van der Waals surface area contributed by atoms with Crippen LogP contribution in [-0.2, 0) is 16.0 Å². The average Bonchev–Trinajstić information content (AvgIpc) is 2.94. The summed E-state index contributed by atoms with van der Waals surface area (Å²) < 4.78 is 5.61. The van der Waals surface area contributed by atoms with Gasteiger partial charge in [-0.25, -0.2) is 9.59 Å². The largest absolute Gasteiger partial charge is 0.462 e. The minimum Gasteiger partial charge on any atom is -0.462 e. The van der Waals surface area contributed by atoms with Gasteiger partial charge in [0, 0.05) is 23.5 Å². The van der Waals surface area contributed by atoms with Gasteiger partial charge in [-0.05, 0) is 67.5 Å². The van der Waals surface area contributed by atoms with E-state index in [1.165, 1.54) is 24.8 Å². The van der Waals surface area contributed by atoms with Crippen molar-refractivity contribution >= 4 is 23.6 Å². The molecule has 216 valence electrons. The summed E-state index contributed by atoms with van der Waals surface area (Å²) in [6, 6.07) is 14.1.